The van der Waals surface area contributed by atoms with Gasteiger partial charge >= 0.3 is 0 Å². The number of hydrogen-bond donors (Lipinski definition) is 2. The molecule has 2 rings (SSSR count). The van der Waals surface area contributed by atoms with Crippen LogP contribution in [0.2, 0.25) is 0 Å². The third kappa shape index (κ3) is 8.02. The van der Waals surface area contributed by atoms with Crippen molar-refractivity contribution in [3.63, 3.8) is 0 Å². The van der Waals surface area contributed by atoms with Crippen LogP contribution in [-0.4, -0.2) is 55.7 Å². The van der Waals surface area contributed by atoms with E-state index in [2.05, 4.69) is 50.8 Å². The quantitative estimate of drug-likeness (QED) is 0.273. The third-order valence-electron chi connectivity index (χ3n) is 4.35. The minimum Gasteiger partial charge on any atom is -0.356 e. The summed E-state index contributed by atoms with van der Waals surface area (Å²) in [5.41, 5.74) is 1.21. The van der Waals surface area contributed by atoms with Gasteiger partial charge in [-0.15, -0.1) is 24.0 Å². The van der Waals surface area contributed by atoms with E-state index in [4.69, 9.17) is 0 Å². The van der Waals surface area contributed by atoms with Crippen LogP contribution in [-0.2, 0) is 0 Å². The fourth-order valence-corrected chi connectivity index (χ4v) is 3.36. The van der Waals surface area contributed by atoms with Gasteiger partial charge < -0.3 is 15.5 Å². The van der Waals surface area contributed by atoms with Gasteiger partial charge in [0, 0.05) is 38.9 Å². The number of anilines is 1. The first-order valence-corrected chi connectivity index (χ1v) is 10.3. The molecular formula is C18H32IN5S. The minimum atomic E-state index is 0. The summed E-state index contributed by atoms with van der Waals surface area (Å²) < 4.78 is 0. The van der Waals surface area contributed by atoms with Gasteiger partial charge in [-0.2, -0.15) is 11.8 Å². The standard InChI is InChI=1S/C18H31N5S.HI/c1-15-6-7-17(21-14-15)23-11-8-16(9-12-23)22-18(19-2)20-10-4-5-13-24-3;/h6-7,14,16H,4-5,8-13H2,1-3H3,(H2,19,20,22);1H. The molecule has 0 saturated carbocycles. The molecule has 1 aromatic heterocycles. The zero-order chi connectivity index (χ0) is 17.2. The number of halogens is 1. The number of piperidine rings is 1. The van der Waals surface area contributed by atoms with Gasteiger partial charge in [-0.25, -0.2) is 4.98 Å². The van der Waals surface area contributed by atoms with E-state index in [0.29, 0.717) is 6.04 Å². The van der Waals surface area contributed by atoms with E-state index in [9.17, 15) is 0 Å². The van der Waals surface area contributed by atoms with Crippen LogP contribution in [0.4, 0.5) is 5.82 Å². The number of nitrogens with one attached hydrogen (secondary N) is 2. The lowest BCUT2D eigenvalue weighted by atomic mass is 10.1. The van der Waals surface area contributed by atoms with Gasteiger partial charge in [0.05, 0.1) is 0 Å². The van der Waals surface area contributed by atoms with Crippen LogP contribution in [0.15, 0.2) is 23.3 Å². The average molecular weight is 477 g/mol. The Morgan fingerprint density at radius 3 is 2.68 bits per heavy atom. The number of thioether (sulfide) groups is 1. The van der Waals surface area contributed by atoms with E-state index in [-0.39, 0.29) is 24.0 Å². The van der Waals surface area contributed by atoms with E-state index in [1.54, 1.807) is 0 Å². The highest BCUT2D eigenvalue weighted by Crippen LogP contribution is 2.17. The Morgan fingerprint density at radius 2 is 2.08 bits per heavy atom. The molecule has 5 nitrogen and oxygen atoms in total. The Morgan fingerprint density at radius 1 is 1.32 bits per heavy atom. The summed E-state index contributed by atoms with van der Waals surface area (Å²) in [6.07, 6.45) is 8.78. The van der Waals surface area contributed by atoms with Crippen molar-refractivity contribution < 1.29 is 0 Å². The summed E-state index contributed by atoms with van der Waals surface area (Å²) >= 11 is 1.91. The molecule has 0 aliphatic carbocycles. The largest absolute Gasteiger partial charge is 0.356 e. The van der Waals surface area contributed by atoms with Gasteiger partial charge in [0.1, 0.15) is 5.82 Å². The van der Waals surface area contributed by atoms with Crippen LogP contribution < -0.4 is 15.5 Å². The highest BCUT2D eigenvalue weighted by atomic mass is 127. The lowest BCUT2D eigenvalue weighted by Crippen LogP contribution is -2.49. The van der Waals surface area contributed by atoms with E-state index in [1.807, 2.05) is 25.0 Å². The fourth-order valence-electron chi connectivity index (χ4n) is 2.87. The second-order valence-corrected chi connectivity index (χ2v) is 7.28. The molecular weight excluding hydrogens is 445 g/mol. The highest BCUT2D eigenvalue weighted by molar-refractivity contribution is 14.0. The molecule has 0 spiro atoms. The van der Waals surface area contributed by atoms with Crippen molar-refractivity contribution in [2.75, 3.05) is 43.6 Å². The summed E-state index contributed by atoms with van der Waals surface area (Å²) in [5, 5.41) is 6.99. The summed E-state index contributed by atoms with van der Waals surface area (Å²) in [6.45, 7) is 5.15. The van der Waals surface area contributed by atoms with E-state index >= 15 is 0 Å². The van der Waals surface area contributed by atoms with Gasteiger partial charge in [-0.3, -0.25) is 4.99 Å². The Hall–Kier alpha value is -0.700. The molecule has 1 aliphatic heterocycles. The van der Waals surface area contributed by atoms with Crippen molar-refractivity contribution in [3.8, 4) is 0 Å². The number of unbranched alkanes of at least 4 members (excludes halogenated alkanes) is 1. The molecule has 1 fully saturated rings. The molecule has 2 heterocycles. The number of aliphatic imine (C=N–C) groups is 1. The van der Waals surface area contributed by atoms with Gasteiger partial charge in [0.2, 0.25) is 0 Å². The first-order chi connectivity index (χ1) is 11.7. The van der Waals surface area contributed by atoms with Gasteiger partial charge in [0.25, 0.3) is 0 Å². The molecule has 1 aromatic rings. The minimum absolute atomic E-state index is 0. The van der Waals surface area contributed by atoms with Crippen molar-refractivity contribution in [2.24, 2.45) is 4.99 Å². The van der Waals surface area contributed by atoms with Crippen molar-refractivity contribution in [1.82, 2.24) is 15.6 Å². The molecule has 1 aliphatic rings. The molecule has 142 valence electrons. The van der Waals surface area contributed by atoms with Crippen LogP contribution in [0.1, 0.15) is 31.2 Å². The first kappa shape index (κ1) is 22.3. The van der Waals surface area contributed by atoms with Gasteiger partial charge in [-0.1, -0.05) is 6.07 Å². The lowest BCUT2D eigenvalue weighted by molar-refractivity contribution is 0.459. The third-order valence-corrected chi connectivity index (χ3v) is 5.04. The molecule has 0 amide bonds. The Bertz CT molecular complexity index is 501. The van der Waals surface area contributed by atoms with E-state index in [0.717, 1.165) is 44.3 Å². The van der Waals surface area contributed by atoms with Crippen LogP contribution >= 0.6 is 35.7 Å². The van der Waals surface area contributed by atoms with E-state index in [1.165, 1.54) is 24.2 Å². The normalized spacial score (nSPS) is 15.6. The zero-order valence-electron chi connectivity index (χ0n) is 15.6. The van der Waals surface area contributed by atoms with Crippen molar-refractivity contribution in [3.05, 3.63) is 23.9 Å². The van der Waals surface area contributed by atoms with Gasteiger partial charge in [-0.05, 0) is 56.2 Å². The number of nitrogens with zero attached hydrogens (tertiary/aromatic N) is 3. The average Bonchev–Trinajstić information content (AvgIpc) is 2.62. The van der Waals surface area contributed by atoms with Crippen molar-refractivity contribution >= 4 is 47.5 Å². The summed E-state index contributed by atoms with van der Waals surface area (Å²) in [7, 11) is 1.85. The molecule has 0 radical (unpaired) electrons. The van der Waals surface area contributed by atoms with Crippen LogP contribution in [0.25, 0.3) is 0 Å². The summed E-state index contributed by atoms with van der Waals surface area (Å²) in [4.78, 5) is 11.3. The SMILES string of the molecule is CN=C(NCCCCSC)NC1CCN(c2ccc(C)cn2)CC1.I. The molecule has 0 unspecified atom stereocenters. The van der Waals surface area contributed by atoms with E-state index < -0.39 is 0 Å². The van der Waals surface area contributed by atoms with Gasteiger partial charge in [0.15, 0.2) is 5.96 Å². The molecule has 25 heavy (non-hydrogen) atoms. The monoisotopic (exact) mass is 477 g/mol. The maximum Gasteiger partial charge on any atom is 0.191 e. The van der Waals surface area contributed by atoms with Crippen LogP contribution in [0, 0.1) is 6.92 Å². The number of aryl methyl sites for hydroxylation is 1. The number of rotatable bonds is 7. The fraction of sp³-hybridized carbons (Fsp3) is 0.667. The zero-order valence-corrected chi connectivity index (χ0v) is 18.8. The second-order valence-electron chi connectivity index (χ2n) is 6.30. The molecule has 7 heteroatoms. The lowest BCUT2D eigenvalue weighted by Gasteiger charge is -2.33. The number of guanidine groups is 1. The molecule has 0 bridgehead atoms. The number of aromatic nitrogens is 1. The molecule has 2 N–H and O–H groups in total. The Labute approximate surface area is 173 Å². The molecule has 1 saturated heterocycles. The molecule has 0 aromatic carbocycles. The van der Waals surface area contributed by atoms with Crippen molar-refractivity contribution in [1.29, 1.82) is 0 Å². The Kier molecular flexibility index (Phi) is 11.3. The maximum atomic E-state index is 4.54. The topological polar surface area (TPSA) is 52.6 Å². The second kappa shape index (κ2) is 12.6. The number of hydrogen-bond acceptors (Lipinski definition) is 4. The van der Waals surface area contributed by atoms with Crippen molar-refractivity contribution in [2.45, 2.75) is 38.6 Å². The summed E-state index contributed by atoms with van der Waals surface area (Å²) in [6, 6.07) is 4.75. The number of pyridine rings is 1. The summed E-state index contributed by atoms with van der Waals surface area (Å²) in [5.74, 6) is 3.26. The smallest absolute Gasteiger partial charge is 0.191 e. The first-order valence-electron chi connectivity index (χ1n) is 8.86. The molecule has 0 atom stereocenters. The predicted molar refractivity (Wildman–Crippen MR) is 122 cm³/mol. The van der Waals surface area contributed by atoms with Crippen LogP contribution in [0.3, 0.4) is 0 Å². The highest BCUT2D eigenvalue weighted by Gasteiger charge is 2.20. The predicted octanol–water partition coefficient (Wildman–Crippen LogP) is 3.29. The Balaban J connectivity index is 0.00000312. The van der Waals surface area contributed by atoms with Crippen LogP contribution in [0.5, 0.6) is 0 Å². The maximum absolute atomic E-state index is 4.54.